The highest BCUT2D eigenvalue weighted by Gasteiger charge is 2.56. The molecule has 0 spiro atoms. The first-order chi connectivity index (χ1) is 16.4. The maximum absolute atomic E-state index is 13.2. The summed E-state index contributed by atoms with van der Waals surface area (Å²) in [4.78, 5) is 55.7. The number of ether oxygens (including phenoxy) is 1. The number of hydrogen-bond donors (Lipinski definition) is 1. The van der Waals surface area contributed by atoms with E-state index in [1.54, 1.807) is 34.9 Å². The van der Waals surface area contributed by atoms with Crippen molar-refractivity contribution in [1.82, 2.24) is 14.7 Å². The Morgan fingerprint density at radius 2 is 1.79 bits per heavy atom. The number of carbonyl (C=O) groups excluding carboxylic acids is 4. The summed E-state index contributed by atoms with van der Waals surface area (Å²) in [6, 6.07) is 13.5. The second-order valence-corrected chi connectivity index (χ2v) is 8.87. The zero-order valence-corrected chi connectivity index (χ0v) is 19.1. The van der Waals surface area contributed by atoms with E-state index < -0.39 is 12.0 Å². The van der Waals surface area contributed by atoms with Crippen molar-refractivity contribution in [2.75, 3.05) is 32.1 Å². The standard InChI is InChI=1S/C25H26N4O5/c1-15-17(23(31)34-2)9-6-10-19(15)26-24(32)27-11-12-28-21(14-27)22(30)29(25(28)33)20-13-18(20)16-7-4-3-5-8-16/h3-10,18,20-21H,11-14H2,1-2H3,(H,26,32)/t18-,20+,21?/m0/s1. The molecule has 0 bridgehead atoms. The molecule has 3 fully saturated rings. The van der Waals surface area contributed by atoms with E-state index >= 15 is 0 Å². The van der Waals surface area contributed by atoms with E-state index in [1.807, 2.05) is 30.3 Å². The van der Waals surface area contributed by atoms with Gasteiger partial charge in [-0.25, -0.2) is 14.4 Å². The van der Waals surface area contributed by atoms with E-state index in [4.69, 9.17) is 4.74 Å². The molecular formula is C25H26N4O5. The number of piperazine rings is 1. The van der Waals surface area contributed by atoms with Crippen LogP contribution in [0.3, 0.4) is 0 Å². The molecule has 9 nitrogen and oxygen atoms in total. The van der Waals surface area contributed by atoms with Gasteiger partial charge in [0.2, 0.25) is 0 Å². The van der Waals surface area contributed by atoms with Crippen molar-refractivity contribution < 1.29 is 23.9 Å². The fourth-order valence-electron chi connectivity index (χ4n) is 4.93. The smallest absolute Gasteiger partial charge is 0.338 e. The summed E-state index contributed by atoms with van der Waals surface area (Å²) >= 11 is 0. The molecule has 1 N–H and O–H groups in total. The molecule has 2 saturated heterocycles. The van der Waals surface area contributed by atoms with Gasteiger partial charge in [0.1, 0.15) is 6.04 Å². The minimum atomic E-state index is -0.675. The summed E-state index contributed by atoms with van der Waals surface area (Å²) in [6.45, 7) is 2.47. The average molecular weight is 463 g/mol. The van der Waals surface area contributed by atoms with Gasteiger partial charge in [0.25, 0.3) is 5.91 Å². The zero-order chi connectivity index (χ0) is 24.0. The summed E-state index contributed by atoms with van der Waals surface area (Å²) in [6.07, 6.45) is 0.766. The van der Waals surface area contributed by atoms with Crippen LogP contribution in [0.15, 0.2) is 48.5 Å². The summed E-state index contributed by atoms with van der Waals surface area (Å²) < 4.78 is 4.79. The molecule has 5 rings (SSSR count). The number of nitrogens with one attached hydrogen (secondary N) is 1. The topological polar surface area (TPSA) is 99.3 Å². The molecule has 9 heteroatoms. The molecule has 1 aliphatic carbocycles. The number of anilines is 1. The highest BCUT2D eigenvalue weighted by atomic mass is 16.5. The molecule has 1 unspecified atom stereocenters. The van der Waals surface area contributed by atoms with Gasteiger partial charge in [-0.2, -0.15) is 0 Å². The van der Waals surface area contributed by atoms with E-state index in [1.165, 1.54) is 12.0 Å². The normalized spacial score (nSPS) is 23.6. The number of hydrogen-bond acceptors (Lipinski definition) is 5. The number of benzene rings is 2. The number of fused-ring (bicyclic) bond motifs is 1. The first-order valence-corrected chi connectivity index (χ1v) is 11.3. The van der Waals surface area contributed by atoms with Crippen LogP contribution >= 0.6 is 0 Å². The quantitative estimate of drug-likeness (QED) is 0.557. The molecule has 3 atom stereocenters. The van der Waals surface area contributed by atoms with Crippen LogP contribution in [-0.4, -0.2) is 77.5 Å². The van der Waals surface area contributed by atoms with Gasteiger partial charge < -0.3 is 19.9 Å². The molecule has 0 aromatic heterocycles. The van der Waals surface area contributed by atoms with Gasteiger partial charge in [0.05, 0.1) is 19.2 Å². The van der Waals surface area contributed by atoms with Crippen LogP contribution in [0, 0.1) is 6.92 Å². The Kier molecular flexibility index (Phi) is 5.47. The van der Waals surface area contributed by atoms with Gasteiger partial charge in [-0.3, -0.25) is 9.69 Å². The predicted molar refractivity (Wildman–Crippen MR) is 123 cm³/mol. The van der Waals surface area contributed by atoms with E-state index in [-0.39, 0.29) is 36.5 Å². The summed E-state index contributed by atoms with van der Waals surface area (Å²) in [5.41, 5.74) is 2.59. The largest absolute Gasteiger partial charge is 0.465 e. The molecule has 2 aromatic carbocycles. The maximum atomic E-state index is 13.2. The third-order valence-corrected chi connectivity index (χ3v) is 6.94. The number of nitrogens with zero attached hydrogens (tertiary/aromatic N) is 3. The molecule has 0 radical (unpaired) electrons. The van der Waals surface area contributed by atoms with Gasteiger partial charge in [-0.05, 0) is 36.6 Å². The lowest BCUT2D eigenvalue weighted by Gasteiger charge is -2.35. The molecule has 34 heavy (non-hydrogen) atoms. The molecule has 176 valence electrons. The number of amides is 5. The monoisotopic (exact) mass is 462 g/mol. The van der Waals surface area contributed by atoms with Crippen molar-refractivity contribution in [3.05, 3.63) is 65.2 Å². The molecule has 5 amide bonds. The molecule has 3 aliphatic rings. The Bertz CT molecular complexity index is 1170. The lowest BCUT2D eigenvalue weighted by molar-refractivity contribution is -0.129. The average Bonchev–Trinajstić information content (AvgIpc) is 3.60. The third kappa shape index (κ3) is 3.67. The number of methoxy groups -OCH3 is 1. The zero-order valence-electron chi connectivity index (χ0n) is 19.1. The molecule has 2 aliphatic heterocycles. The van der Waals surface area contributed by atoms with E-state index in [9.17, 15) is 19.2 Å². The summed E-state index contributed by atoms with van der Waals surface area (Å²) in [5.74, 6) is -0.555. The van der Waals surface area contributed by atoms with Crippen LogP contribution in [0.4, 0.5) is 15.3 Å². The van der Waals surface area contributed by atoms with Crippen LogP contribution < -0.4 is 5.32 Å². The lowest BCUT2D eigenvalue weighted by atomic mass is 10.1. The van der Waals surface area contributed by atoms with Crippen LogP contribution in [0.2, 0.25) is 0 Å². The van der Waals surface area contributed by atoms with Crippen LogP contribution in [0.25, 0.3) is 0 Å². The van der Waals surface area contributed by atoms with Gasteiger partial charge in [-0.1, -0.05) is 36.4 Å². The van der Waals surface area contributed by atoms with Crippen molar-refractivity contribution >= 4 is 29.6 Å². The van der Waals surface area contributed by atoms with E-state index in [0.717, 1.165) is 12.0 Å². The Morgan fingerprint density at radius 3 is 2.53 bits per heavy atom. The molecule has 2 aromatic rings. The minimum absolute atomic E-state index is 0.126. The van der Waals surface area contributed by atoms with Crippen molar-refractivity contribution in [3.63, 3.8) is 0 Å². The number of imide groups is 1. The van der Waals surface area contributed by atoms with Crippen molar-refractivity contribution in [3.8, 4) is 0 Å². The lowest BCUT2D eigenvalue weighted by Crippen LogP contribution is -2.55. The fourth-order valence-corrected chi connectivity index (χ4v) is 4.93. The minimum Gasteiger partial charge on any atom is -0.465 e. The second kappa shape index (κ2) is 8.48. The van der Waals surface area contributed by atoms with Crippen LogP contribution in [0.1, 0.15) is 33.8 Å². The van der Waals surface area contributed by atoms with Crippen LogP contribution in [0.5, 0.6) is 0 Å². The molecule has 2 heterocycles. The van der Waals surface area contributed by atoms with Gasteiger partial charge in [-0.15, -0.1) is 0 Å². The second-order valence-electron chi connectivity index (χ2n) is 8.87. The highest BCUT2D eigenvalue weighted by Crippen LogP contribution is 2.46. The number of carbonyl (C=O) groups is 4. The van der Waals surface area contributed by atoms with Crippen LogP contribution in [-0.2, 0) is 9.53 Å². The molecule has 1 saturated carbocycles. The highest BCUT2D eigenvalue weighted by molar-refractivity contribution is 6.06. The number of esters is 1. The first-order valence-electron chi connectivity index (χ1n) is 11.3. The van der Waals surface area contributed by atoms with E-state index in [0.29, 0.717) is 29.9 Å². The van der Waals surface area contributed by atoms with Crippen molar-refractivity contribution in [2.45, 2.75) is 31.3 Å². The van der Waals surface area contributed by atoms with Crippen molar-refractivity contribution in [2.24, 2.45) is 0 Å². The maximum Gasteiger partial charge on any atom is 0.338 e. The van der Waals surface area contributed by atoms with E-state index in [2.05, 4.69) is 5.32 Å². The summed E-state index contributed by atoms with van der Waals surface area (Å²) in [5, 5.41) is 2.83. The van der Waals surface area contributed by atoms with Gasteiger partial charge >= 0.3 is 18.0 Å². The van der Waals surface area contributed by atoms with Gasteiger partial charge in [0, 0.05) is 30.7 Å². The predicted octanol–water partition coefficient (Wildman–Crippen LogP) is 2.82. The van der Waals surface area contributed by atoms with Crippen molar-refractivity contribution in [1.29, 1.82) is 0 Å². The number of rotatable bonds is 4. The summed E-state index contributed by atoms with van der Waals surface area (Å²) in [7, 11) is 1.30. The molecular weight excluding hydrogens is 436 g/mol. The Morgan fingerprint density at radius 1 is 1.03 bits per heavy atom. The Hall–Kier alpha value is -3.88. The third-order valence-electron chi connectivity index (χ3n) is 6.94. The Balaban J connectivity index is 1.26. The Labute approximate surface area is 197 Å². The first kappa shape index (κ1) is 21.9. The number of urea groups is 2. The SMILES string of the molecule is COC(=O)c1cccc(NC(=O)N2CCN3C(=O)N([C@@H]4C[C@H]4c4ccccc4)C(=O)C3C2)c1C. The fraction of sp³-hybridized carbons (Fsp3) is 0.360. The van der Waals surface area contributed by atoms with Gasteiger partial charge in [0.15, 0.2) is 0 Å².